The first-order chi connectivity index (χ1) is 8.24. The lowest BCUT2D eigenvalue weighted by molar-refractivity contribution is -0.140. The minimum absolute atomic E-state index is 0.179. The Kier molecular flexibility index (Phi) is 3.52. The topological polar surface area (TPSA) is 44.8 Å². The molecule has 0 aromatic heterocycles. The van der Waals surface area contributed by atoms with Crippen molar-refractivity contribution in [1.29, 1.82) is 0 Å². The number of methoxy groups -OCH3 is 2. The molecule has 2 rings (SSSR count). The van der Waals surface area contributed by atoms with E-state index in [9.17, 15) is 4.79 Å². The normalized spacial score (nSPS) is 17.2. The van der Waals surface area contributed by atoms with Crippen LogP contribution in [0.25, 0.3) is 0 Å². The first-order valence-electron chi connectivity index (χ1n) is 5.62. The van der Waals surface area contributed by atoms with Gasteiger partial charge in [0.05, 0.1) is 20.8 Å². The number of ether oxygens (including phenoxy) is 3. The number of esters is 1. The van der Waals surface area contributed by atoms with Crippen molar-refractivity contribution in [2.45, 2.75) is 18.8 Å². The fourth-order valence-electron chi connectivity index (χ4n) is 2.02. The molecule has 1 aliphatic heterocycles. The lowest BCUT2D eigenvalue weighted by atomic mass is 9.96. The van der Waals surface area contributed by atoms with Crippen molar-refractivity contribution in [2.24, 2.45) is 0 Å². The highest BCUT2D eigenvalue weighted by atomic mass is 16.5. The molecule has 0 aliphatic carbocycles. The van der Waals surface area contributed by atoms with Crippen molar-refractivity contribution >= 4 is 5.97 Å². The smallest absolute Gasteiger partial charge is 0.305 e. The predicted octanol–water partition coefficient (Wildman–Crippen LogP) is 2.12. The molecular weight excluding hydrogens is 220 g/mol. The molecular formula is C13H16O4. The van der Waals surface area contributed by atoms with Crippen LogP contribution in [0.5, 0.6) is 11.5 Å². The zero-order valence-electron chi connectivity index (χ0n) is 10.1. The fraction of sp³-hybridized carbons (Fsp3) is 0.462. The first-order valence-corrected chi connectivity index (χ1v) is 5.62. The van der Waals surface area contributed by atoms with Crippen LogP contribution in [0.15, 0.2) is 18.2 Å². The number of carbonyl (C=O) groups excluding carboxylic acids is 1. The van der Waals surface area contributed by atoms with Gasteiger partial charge in [-0.3, -0.25) is 4.79 Å². The third-order valence-electron chi connectivity index (χ3n) is 3.02. The standard InChI is InChI=1S/C13H16O4/c1-15-10-4-5-12-11(7-10)9(8-17-12)3-6-13(14)16-2/h4-5,7,9H,3,6,8H2,1-2H3. The Hall–Kier alpha value is -1.71. The second-order valence-electron chi connectivity index (χ2n) is 4.03. The van der Waals surface area contributed by atoms with Crippen LogP contribution < -0.4 is 9.47 Å². The highest BCUT2D eigenvalue weighted by Gasteiger charge is 2.25. The lowest BCUT2D eigenvalue weighted by Crippen LogP contribution is -2.06. The Morgan fingerprint density at radius 3 is 3.00 bits per heavy atom. The minimum atomic E-state index is -0.179. The fourth-order valence-corrected chi connectivity index (χ4v) is 2.02. The van der Waals surface area contributed by atoms with Crippen molar-refractivity contribution in [2.75, 3.05) is 20.8 Å². The Morgan fingerprint density at radius 1 is 1.47 bits per heavy atom. The van der Waals surface area contributed by atoms with E-state index in [1.807, 2.05) is 18.2 Å². The number of fused-ring (bicyclic) bond motifs is 1. The molecule has 17 heavy (non-hydrogen) atoms. The lowest BCUT2D eigenvalue weighted by Gasteiger charge is -2.08. The summed E-state index contributed by atoms with van der Waals surface area (Å²) in [4.78, 5) is 11.1. The number of carbonyl (C=O) groups is 1. The summed E-state index contributed by atoms with van der Waals surface area (Å²) < 4.78 is 15.4. The Bertz CT molecular complexity index is 414. The Labute approximate surface area is 100 Å². The summed E-state index contributed by atoms with van der Waals surface area (Å²) in [5, 5.41) is 0. The van der Waals surface area contributed by atoms with Gasteiger partial charge in [-0.15, -0.1) is 0 Å². The van der Waals surface area contributed by atoms with Crippen molar-refractivity contribution in [1.82, 2.24) is 0 Å². The average Bonchev–Trinajstić information content (AvgIpc) is 2.78. The van der Waals surface area contributed by atoms with Crippen LogP contribution >= 0.6 is 0 Å². The monoisotopic (exact) mass is 236 g/mol. The number of hydrogen-bond acceptors (Lipinski definition) is 4. The van der Waals surface area contributed by atoms with Gasteiger partial charge in [0.2, 0.25) is 0 Å². The summed E-state index contributed by atoms with van der Waals surface area (Å²) >= 11 is 0. The molecule has 1 heterocycles. The molecule has 0 N–H and O–H groups in total. The van der Waals surface area contributed by atoms with Crippen LogP contribution in [0.1, 0.15) is 24.3 Å². The molecule has 0 spiro atoms. The van der Waals surface area contributed by atoms with Gasteiger partial charge in [-0.2, -0.15) is 0 Å². The maximum absolute atomic E-state index is 11.1. The molecule has 4 nitrogen and oxygen atoms in total. The van der Waals surface area contributed by atoms with Gasteiger partial charge in [0.25, 0.3) is 0 Å². The van der Waals surface area contributed by atoms with E-state index in [1.165, 1.54) is 7.11 Å². The Morgan fingerprint density at radius 2 is 2.29 bits per heavy atom. The highest BCUT2D eigenvalue weighted by Crippen LogP contribution is 2.38. The molecule has 0 saturated carbocycles. The molecule has 0 bridgehead atoms. The molecule has 0 radical (unpaired) electrons. The van der Waals surface area contributed by atoms with Crippen LogP contribution in [0.4, 0.5) is 0 Å². The van der Waals surface area contributed by atoms with Crippen LogP contribution in [0.3, 0.4) is 0 Å². The zero-order chi connectivity index (χ0) is 12.3. The van der Waals surface area contributed by atoms with Gasteiger partial charge in [0.1, 0.15) is 11.5 Å². The number of benzene rings is 1. The van der Waals surface area contributed by atoms with Gasteiger partial charge in [0.15, 0.2) is 0 Å². The second-order valence-corrected chi connectivity index (χ2v) is 4.03. The van der Waals surface area contributed by atoms with E-state index in [-0.39, 0.29) is 11.9 Å². The van der Waals surface area contributed by atoms with E-state index in [4.69, 9.17) is 9.47 Å². The molecule has 1 unspecified atom stereocenters. The molecule has 1 aromatic rings. The van der Waals surface area contributed by atoms with E-state index < -0.39 is 0 Å². The largest absolute Gasteiger partial charge is 0.497 e. The number of rotatable bonds is 4. The van der Waals surface area contributed by atoms with Crippen molar-refractivity contribution in [3.63, 3.8) is 0 Å². The summed E-state index contributed by atoms with van der Waals surface area (Å²) in [6.07, 6.45) is 1.16. The van der Waals surface area contributed by atoms with Crippen LogP contribution in [0, 0.1) is 0 Å². The van der Waals surface area contributed by atoms with Gasteiger partial charge in [-0.05, 0) is 24.6 Å². The minimum Gasteiger partial charge on any atom is -0.497 e. The van der Waals surface area contributed by atoms with E-state index in [0.29, 0.717) is 13.0 Å². The molecule has 4 heteroatoms. The van der Waals surface area contributed by atoms with Crippen molar-refractivity contribution in [3.8, 4) is 11.5 Å². The molecule has 0 fully saturated rings. The van der Waals surface area contributed by atoms with Crippen molar-refractivity contribution < 1.29 is 19.0 Å². The third kappa shape index (κ3) is 2.52. The summed E-state index contributed by atoms with van der Waals surface area (Å²) in [7, 11) is 3.05. The maximum atomic E-state index is 11.1. The SMILES string of the molecule is COC(=O)CCC1COc2ccc(OC)cc21. The van der Waals surface area contributed by atoms with Gasteiger partial charge < -0.3 is 14.2 Å². The molecule has 0 amide bonds. The molecule has 0 saturated heterocycles. The summed E-state index contributed by atoms with van der Waals surface area (Å²) in [5.41, 5.74) is 1.12. The first kappa shape index (κ1) is 11.8. The van der Waals surface area contributed by atoms with E-state index in [2.05, 4.69) is 4.74 Å². The zero-order valence-corrected chi connectivity index (χ0v) is 10.1. The molecule has 92 valence electrons. The summed E-state index contributed by atoms with van der Waals surface area (Å²) in [6.45, 7) is 0.624. The quantitative estimate of drug-likeness (QED) is 0.751. The molecule has 1 aromatic carbocycles. The number of hydrogen-bond donors (Lipinski definition) is 0. The van der Waals surface area contributed by atoms with Crippen LogP contribution in [-0.4, -0.2) is 26.8 Å². The van der Waals surface area contributed by atoms with Crippen LogP contribution in [0.2, 0.25) is 0 Å². The van der Waals surface area contributed by atoms with Gasteiger partial charge in [-0.25, -0.2) is 0 Å². The third-order valence-corrected chi connectivity index (χ3v) is 3.02. The Balaban J connectivity index is 2.07. The van der Waals surface area contributed by atoms with E-state index >= 15 is 0 Å². The summed E-state index contributed by atoms with van der Waals surface area (Å²) in [6, 6.07) is 5.76. The van der Waals surface area contributed by atoms with E-state index in [1.54, 1.807) is 7.11 Å². The summed E-state index contributed by atoms with van der Waals surface area (Å²) in [5.74, 6) is 1.78. The van der Waals surface area contributed by atoms with Gasteiger partial charge >= 0.3 is 5.97 Å². The average molecular weight is 236 g/mol. The van der Waals surface area contributed by atoms with Gasteiger partial charge in [0, 0.05) is 17.9 Å². The van der Waals surface area contributed by atoms with Gasteiger partial charge in [-0.1, -0.05) is 0 Å². The predicted molar refractivity (Wildman–Crippen MR) is 62.5 cm³/mol. The highest BCUT2D eigenvalue weighted by molar-refractivity contribution is 5.69. The van der Waals surface area contributed by atoms with E-state index in [0.717, 1.165) is 23.5 Å². The van der Waals surface area contributed by atoms with Crippen LogP contribution in [-0.2, 0) is 9.53 Å². The second kappa shape index (κ2) is 5.08. The van der Waals surface area contributed by atoms with Crippen molar-refractivity contribution in [3.05, 3.63) is 23.8 Å². The molecule has 1 aliphatic rings. The maximum Gasteiger partial charge on any atom is 0.305 e. The molecule has 1 atom stereocenters.